The summed E-state index contributed by atoms with van der Waals surface area (Å²) < 4.78 is 27.4. The van der Waals surface area contributed by atoms with Gasteiger partial charge in [-0.15, -0.1) is 0 Å². The van der Waals surface area contributed by atoms with Gasteiger partial charge in [0.15, 0.2) is 0 Å². The summed E-state index contributed by atoms with van der Waals surface area (Å²) in [6.07, 6.45) is 2.77. The molecule has 0 spiro atoms. The Bertz CT molecular complexity index is 970. The zero-order valence-electron chi connectivity index (χ0n) is 16.0. The van der Waals surface area contributed by atoms with Crippen LogP contribution < -0.4 is 10.0 Å². The largest absolute Gasteiger partial charge is 0.312 e. The topological polar surface area (TPSA) is 76.0 Å². The average Bonchev–Trinajstić information content (AvgIpc) is 3.16. The molecule has 0 amide bonds. The minimum Gasteiger partial charge on any atom is -0.312 e. The molecule has 0 aliphatic carbocycles. The van der Waals surface area contributed by atoms with Gasteiger partial charge in [-0.3, -0.25) is 0 Å². The van der Waals surface area contributed by atoms with Gasteiger partial charge in [-0.2, -0.15) is 5.10 Å². The van der Waals surface area contributed by atoms with Crippen LogP contribution in [0.1, 0.15) is 18.9 Å². The quantitative estimate of drug-likeness (QED) is 0.515. The smallest absolute Gasteiger partial charge is 0.211 e. The van der Waals surface area contributed by atoms with Gasteiger partial charge in [0.25, 0.3) is 0 Å². The van der Waals surface area contributed by atoms with Gasteiger partial charge in [-0.25, -0.2) is 17.8 Å². The minimum absolute atomic E-state index is 0.111. The van der Waals surface area contributed by atoms with Crippen molar-refractivity contribution < 1.29 is 8.42 Å². The summed E-state index contributed by atoms with van der Waals surface area (Å²) in [6.45, 7) is 3.46. The van der Waals surface area contributed by atoms with E-state index in [1.807, 2.05) is 59.4 Å². The van der Waals surface area contributed by atoms with E-state index in [4.69, 9.17) is 5.10 Å². The van der Waals surface area contributed by atoms with Crippen LogP contribution in [0.25, 0.3) is 16.9 Å². The fourth-order valence-electron chi connectivity index (χ4n) is 2.86. The van der Waals surface area contributed by atoms with Crippen molar-refractivity contribution in [2.45, 2.75) is 19.9 Å². The standard InChI is InChI=1S/C21H26N4O2S/c1-2-28(26,27)23-15-9-14-22-16-19-17-25(20-12-7-4-8-13-20)24-21(19)18-10-5-3-6-11-18/h3-8,10-13,17,22-23H,2,9,14-16H2,1H3. The second kappa shape index (κ2) is 9.64. The summed E-state index contributed by atoms with van der Waals surface area (Å²) in [4.78, 5) is 0. The van der Waals surface area contributed by atoms with Crippen molar-refractivity contribution in [3.05, 3.63) is 72.4 Å². The van der Waals surface area contributed by atoms with Crippen molar-refractivity contribution in [1.29, 1.82) is 0 Å². The van der Waals surface area contributed by atoms with Gasteiger partial charge in [0.2, 0.25) is 10.0 Å². The molecular formula is C21H26N4O2S. The molecule has 148 valence electrons. The molecule has 3 aromatic rings. The molecule has 7 heteroatoms. The highest BCUT2D eigenvalue weighted by Gasteiger charge is 2.12. The average molecular weight is 399 g/mol. The van der Waals surface area contributed by atoms with E-state index in [2.05, 4.69) is 22.2 Å². The van der Waals surface area contributed by atoms with E-state index in [1.54, 1.807) is 6.92 Å². The number of rotatable bonds is 10. The number of hydrogen-bond acceptors (Lipinski definition) is 4. The van der Waals surface area contributed by atoms with Gasteiger partial charge < -0.3 is 5.32 Å². The zero-order chi connectivity index (χ0) is 19.8. The molecule has 28 heavy (non-hydrogen) atoms. The van der Waals surface area contributed by atoms with Gasteiger partial charge in [-0.1, -0.05) is 48.5 Å². The Labute approximate surface area is 166 Å². The third-order valence-corrected chi connectivity index (χ3v) is 5.81. The van der Waals surface area contributed by atoms with E-state index in [0.29, 0.717) is 13.1 Å². The lowest BCUT2D eigenvalue weighted by Crippen LogP contribution is -2.28. The highest BCUT2D eigenvalue weighted by molar-refractivity contribution is 7.89. The first-order valence-electron chi connectivity index (χ1n) is 9.46. The highest BCUT2D eigenvalue weighted by atomic mass is 32.2. The van der Waals surface area contributed by atoms with E-state index in [1.165, 1.54) is 0 Å². The number of aromatic nitrogens is 2. The summed E-state index contributed by atoms with van der Waals surface area (Å²) >= 11 is 0. The normalized spacial score (nSPS) is 11.6. The Morgan fingerprint density at radius 2 is 1.64 bits per heavy atom. The predicted octanol–water partition coefficient (Wildman–Crippen LogP) is 2.96. The summed E-state index contributed by atoms with van der Waals surface area (Å²) in [5.41, 5.74) is 4.14. The summed E-state index contributed by atoms with van der Waals surface area (Å²) in [5, 5.41) is 8.19. The first kappa shape index (κ1) is 20.3. The molecular weight excluding hydrogens is 372 g/mol. The number of hydrogen-bond donors (Lipinski definition) is 2. The van der Waals surface area contributed by atoms with Gasteiger partial charge in [0.05, 0.1) is 17.1 Å². The van der Waals surface area contributed by atoms with Crippen molar-refractivity contribution >= 4 is 10.0 Å². The van der Waals surface area contributed by atoms with Gasteiger partial charge in [0.1, 0.15) is 0 Å². The molecule has 0 atom stereocenters. The van der Waals surface area contributed by atoms with E-state index in [0.717, 1.165) is 35.5 Å². The van der Waals surface area contributed by atoms with Crippen LogP contribution in [0.3, 0.4) is 0 Å². The molecule has 0 aliphatic rings. The number of benzene rings is 2. The first-order chi connectivity index (χ1) is 13.6. The number of sulfonamides is 1. The Hall–Kier alpha value is -2.48. The van der Waals surface area contributed by atoms with Crippen LogP contribution in [0, 0.1) is 0 Å². The van der Waals surface area contributed by atoms with Crippen molar-refractivity contribution in [3.63, 3.8) is 0 Å². The van der Waals surface area contributed by atoms with Gasteiger partial charge in [0, 0.05) is 30.4 Å². The Balaban J connectivity index is 1.67. The first-order valence-corrected chi connectivity index (χ1v) is 11.1. The lowest BCUT2D eigenvalue weighted by Gasteiger charge is -2.06. The lowest BCUT2D eigenvalue weighted by atomic mass is 10.1. The molecule has 0 aliphatic heterocycles. The van der Waals surface area contributed by atoms with Gasteiger partial charge in [-0.05, 0) is 32.0 Å². The van der Waals surface area contributed by atoms with Crippen LogP contribution in [0.15, 0.2) is 66.9 Å². The second-order valence-electron chi connectivity index (χ2n) is 6.48. The summed E-state index contributed by atoms with van der Waals surface area (Å²) in [7, 11) is -3.12. The lowest BCUT2D eigenvalue weighted by molar-refractivity contribution is 0.575. The molecule has 1 heterocycles. The molecule has 2 aromatic carbocycles. The van der Waals surface area contributed by atoms with E-state index < -0.39 is 10.0 Å². The maximum Gasteiger partial charge on any atom is 0.211 e. The van der Waals surface area contributed by atoms with Crippen LogP contribution in [-0.4, -0.2) is 37.0 Å². The fraction of sp³-hybridized carbons (Fsp3) is 0.286. The third-order valence-electron chi connectivity index (χ3n) is 4.41. The number of nitrogens with zero attached hydrogens (tertiary/aromatic N) is 2. The van der Waals surface area contributed by atoms with Crippen molar-refractivity contribution in [3.8, 4) is 16.9 Å². The molecule has 0 fully saturated rings. The zero-order valence-corrected chi connectivity index (χ0v) is 16.8. The van der Waals surface area contributed by atoms with Crippen molar-refractivity contribution in [1.82, 2.24) is 19.8 Å². The Morgan fingerprint density at radius 1 is 0.964 bits per heavy atom. The molecule has 0 saturated heterocycles. The second-order valence-corrected chi connectivity index (χ2v) is 8.57. The Kier molecular flexibility index (Phi) is 6.97. The third kappa shape index (κ3) is 5.51. The number of para-hydroxylation sites is 1. The van der Waals surface area contributed by atoms with E-state index in [-0.39, 0.29) is 5.75 Å². The maximum atomic E-state index is 11.4. The van der Waals surface area contributed by atoms with Gasteiger partial charge >= 0.3 is 0 Å². The van der Waals surface area contributed by atoms with Crippen LogP contribution in [0.4, 0.5) is 0 Å². The van der Waals surface area contributed by atoms with Crippen molar-refractivity contribution in [2.24, 2.45) is 0 Å². The molecule has 0 bridgehead atoms. The van der Waals surface area contributed by atoms with Crippen LogP contribution in [0.5, 0.6) is 0 Å². The van der Waals surface area contributed by atoms with Crippen molar-refractivity contribution in [2.75, 3.05) is 18.8 Å². The van der Waals surface area contributed by atoms with Crippen LogP contribution in [0.2, 0.25) is 0 Å². The highest BCUT2D eigenvalue weighted by Crippen LogP contribution is 2.23. The molecule has 0 saturated carbocycles. The monoisotopic (exact) mass is 398 g/mol. The SMILES string of the molecule is CCS(=O)(=O)NCCCNCc1cn(-c2ccccc2)nc1-c1ccccc1. The fourth-order valence-corrected chi connectivity index (χ4v) is 3.52. The van der Waals surface area contributed by atoms with E-state index in [9.17, 15) is 8.42 Å². The predicted molar refractivity (Wildman–Crippen MR) is 113 cm³/mol. The molecule has 1 aromatic heterocycles. The van der Waals surface area contributed by atoms with Crippen LogP contribution in [-0.2, 0) is 16.6 Å². The Morgan fingerprint density at radius 3 is 2.32 bits per heavy atom. The molecule has 3 rings (SSSR count). The number of nitrogens with one attached hydrogen (secondary N) is 2. The molecule has 0 radical (unpaired) electrons. The summed E-state index contributed by atoms with van der Waals surface area (Å²) in [5.74, 6) is 0.111. The minimum atomic E-state index is -3.12. The van der Waals surface area contributed by atoms with Crippen LogP contribution >= 0.6 is 0 Å². The maximum absolute atomic E-state index is 11.4. The summed E-state index contributed by atoms with van der Waals surface area (Å²) in [6, 6.07) is 20.1. The molecule has 0 unspecified atom stereocenters. The molecule has 6 nitrogen and oxygen atoms in total. The van der Waals surface area contributed by atoms with E-state index >= 15 is 0 Å². The molecule has 2 N–H and O–H groups in total.